The number of carbonyl (C=O) groups excluding carboxylic acids is 2. The molecule has 2 aromatic rings. The van der Waals surface area contributed by atoms with Crippen molar-refractivity contribution >= 4 is 11.9 Å². The quantitative estimate of drug-likeness (QED) is 0.785. The van der Waals surface area contributed by atoms with Crippen LogP contribution in [0.1, 0.15) is 27.6 Å². The van der Waals surface area contributed by atoms with E-state index in [9.17, 15) is 19.8 Å². The molecule has 1 aliphatic heterocycles. The number of aliphatic hydroxyl groups excluding tert-OH is 2. The first-order chi connectivity index (χ1) is 13.0. The number of hydrogen-bond acceptors (Lipinski definition) is 7. The number of aliphatic hydroxyl groups is 2. The van der Waals surface area contributed by atoms with Crippen molar-refractivity contribution in [3.8, 4) is 0 Å². The molecule has 0 unspecified atom stereocenters. The summed E-state index contributed by atoms with van der Waals surface area (Å²) in [6.07, 6.45) is -6.31. The fourth-order valence-electron chi connectivity index (χ4n) is 2.83. The average molecular weight is 372 g/mol. The first kappa shape index (κ1) is 19.0. The first-order valence-electron chi connectivity index (χ1n) is 8.51. The van der Waals surface area contributed by atoms with Gasteiger partial charge < -0.3 is 24.4 Å². The van der Waals surface area contributed by atoms with Crippen LogP contribution in [0, 0.1) is 0 Å². The largest absolute Gasteiger partial charge is 0.453 e. The predicted molar refractivity (Wildman–Crippen MR) is 93.9 cm³/mol. The van der Waals surface area contributed by atoms with Crippen LogP contribution >= 0.6 is 0 Å². The maximum absolute atomic E-state index is 12.3. The Hall–Kier alpha value is -2.74. The van der Waals surface area contributed by atoms with Crippen LogP contribution in [0.3, 0.4) is 0 Å². The fourth-order valence-corrected chi connectivity index (χ4v) is 2.83. The van der Waals surface area contributed by atoms with Gasteiger partial charge in [-0.25, -0.2) is 9.59 Å². The third kappa shape index (κ3) is 4.33. The van der Waals surface area contributed by atoms with Gasteiger partial charge in [0.2, 0.25) is 0 Å². The lowest BCUT2D eigenvalue weighted by molar-refractivity contribution is -0.276. The zero-order valence-electron chi connectivity index (χ0n) is 14.6. The molecule has 27 heavy (non-hydrogen) atoms. The lowest BCUT2D eigenvalue weighted by Gasteiger charge is -2.40. The van der Waals surface area contributed by atoms with Gasteiger partial charge in [-0.3, -0.25) is 0 Å². The first-order valence-corrected chi connectivity index (χ1v) is 8.51. The highest BCUT2D eigenvalue weighted by Crippen LogP contribution is 2.26. The highest BCUT2D eigenvalue weighted by molar-refractivity contribution is 5.90. The molecule has 7 nitrogen and oxygen atoms in total. The molecule has 1 fully saturated rings. The van der Waals surface area contributed by atoms with E-state index in [2.05, 4.69) is 0 Å². The number of carbonyl (C=O) groups is 2. The van der Waals surface area contributed by atoms with Gasteiger partial charge in [0, 0.05) is 0 Å². The van der Waals surface area contributed by atoms with Gasteiger partial charge in [0.05, 0.1) is 17.2 Å². The summed E-state index contributed by atoms with van der Waals surface area (Å²) in [5.74, 6) is -1.38. The van der Waals surface area contributed by atoms with Crippen LogP contribution in [0.25, 0.3) is 0 Å². The van der Waals surface area contributed by atoms with Gasteiger partial charge in [0.15, 0.2) is 18.5 Å². The van der Waals surface area contributed by atoms with Gasteiger partial charge in [0.1, 0.15) is 6.10 Å². The molecule has 1 aliphatic rings. The SMILES string of the molecule is C[C@@H]1O[C@@H](O)[C@H](OC(=O)c2ccccc2)[C@H](O)[C@H]1OC(=O)c1ccccc1. The molecule has 0 saturated carbocycles. The van der Waals surface area contributed by atoms with Crippen molar-refractivity contribution < 1.29 is 34.0 Å². The summed E-state index contributed by atoms with van der Waals surface area (Å²) in [4.78, 5) is 24.5. The van der Waals surface area contributed by atoms with Crippen molar-refractivity contribution in [2.75, 3.05) is 0 Å². The van der Waals surface area contributed by atoms with Gasteiger partial charge in [-0.2, -0.15) is 0 Å². The van der Waals surface area contributed by atoms with E-state index in [1.807, 2.05) is 0 Å². The minimum Gasteiger partial charge on any atom is -0.453 e. The number of rotatable bonds is 4. The second kappa shape index (κ2) is 8.30. The number of benzene rings is 2. The number of hydrogen-bond donors (Lipinski definition) is 2. The van der Waals surface area contributed by atoms with Crippen molar-refractivity contribution in [3.63, 3.8) is 0 Å². The Labute approximate surface area is 156 Å². The van der Waals surface area contributed by atoms with Crippen LogP contribution in [-0.4, -0.2) is 52.9 Å². The lowest BCUT2D eigenvalue weighted by atomic mass is 9.99. The van der Waals surface area contributed by atoms with Gasteiger partial charge in [-0.05, 0) is 31.2 Å². The topological polar surface area (TPSA) is 102 Å². The Morgan fingerprint density at radius 3 is 1.74 bits per heavy atom. The van der Waals surface area contributed by atoms with Crippen LogP contribution in [0.4, 0.5) is 0 Å². The van der Waals surface area contributed by atoms with E-state index in [1.165, 1.54) is 0 Å². The molecule has 0 radical (unpaired) electrons. The third-order valence-corrected chi connectivity index (χ3v) is 4.28. The molecule has 0 spiro atoms. The van der Waals surface area contributed by atoms with E-state index < -0.39 is 42.6 Å². The lowest BCUT2D eigenvalue weighted by Crippen LogP contribution is -2.59. The summed E-state index contributed by atoms with van der Waals surface area (Å²) in [5, 5.41) is 20.6. The van der Waals surface area contributed by atoms with Crippen molar-refractivity contribution in [1.82, 2.24) is 0 Å². The molecule has 7 heteroatoms. The normalized spacial score (nSPS) is 27.6. The van der Waals surface area contributed by atoms with Crippen LogP contribution in [-0.2, 0) is 14.2 Å². The Kier molecular flexibility index (Phi) is 5.85. The standard InChI is InChI=1S/C20H20O7/c1-12-16(26-18(22)13-8-4-2-5-9-13)15(21)17(20(24)25-12)27-19(23)14-10-6-3-7-11-14/h2-12,15-17,20-21,24H,1H3/t12-,15+,16-,17+,20+/m0/s1. The predicted octanol–water partition coefficient (Wildman–Crippen LogP) is 1.54. The number of ether oxygens (including phenoxy) is 3. The fraction of sp³-hybridized carbons (Fsp3) is 0.300. The molecule has 2 N–H and O–H groups in total. The highest BCUT2D eigenvalue weighted by Gasteiger charge is 2.47. The van der Waals surface area contributed by atoms with Crippen molar-refractivity contribution in [2.45, 2.75) is 37.6 Å². The average Bonchev–Trinajstić information content (AvgIpc) is 2.69. The molecular formula is C20H20O7. The van der Waals surface area contributed by atoms with Crippen LogP contribution in [0.2, 0.25) is 0 Å². The van der Waals surface area contributed by atoms with Gasteiger partial charge in [0.25, 0.3) is 0 Å². The minimum atomic E-state index is -1.55. The maximum Gasteiger partial charge on any atom is 0.338 e. The van der Waals surface area contributed by atoms with Crippen LogP contribution in [0.15, 0.2) is 60.7 Å². The minimum absolute atomic E-state index is 0.258. The zero-order valence-corrected chi connectivity index (χ0v) is 14.6. The van der Waals surface area contributed by atoms with E-state index in [1.54, 1.807) is 67.6 Å². The Balaban J connectivity index is 1.72. The van der Waals surface area contributed by atoms with E-state index in [-0.39, 0.29) is 5.56 Å². The van der Waals surface area contributed by atoms with E-state index in [0.717, 1.165) is 0 Å². The molecule has 0 amide bonds. The highest BCUT2D eigenvalue weighted by atomic mass is 16.7. The Bertz CT molecular complexity index is 712. The maximum atomic E-state index is 12.3. The summed E-state index contributed by atoms with van der Waals surface area (Å²) >= 11 is 0. The van der Waals surface area contributed by atoms with E-state index in [4.69, 9.17) is 14.2 Å². The van der Waals surface area contributed by atoms with Crippen molar-refractivity contribution in [1.29, 1.82) is 0 Å². The second-order valence-corrected chi connectivity index (χ2v) is 6.19. The molecule has 0 bridgehead atoms. The van der Waals surface area contributed by atoms with Gasteiger partial charge >= 0.3 is 11.9 Å². The van der Waals surface area contributed by atoms with Gasteiger partial charge in [-0.15, -0.1) is 0 Å². The monoisotopic (exact) mass is 372 g/mol. The molecule has 5 atom stereocenters. The molecule has 1 heterocycles. The third-order valence-electron chi connectivity index (χ3n) is 4.28. The zero-order chi connectivity index (χ0) is 19.4. The summed E-state index contributed by atoms with van der Waals surface area (Å²) < 4.78 is 15.9. The molecule has 0 aliphatic carbocycles. The van der Waals surface area contributed by atoms with Crippen molar-refractivity contribution in [3.05, 3.63) is 71.8 Å². The molecular weight excluding hydrogens is 352 g/mol. The van der Waals surface area contributed by atoms with Crippen LogP contribution < -0.4 is 0 Å². The van der Waals surface area contributed by atoms with Crippen molar-refractivity contribution in [2.24, 2.45) is 0 Å². The Morgan fingerprint density at radius 1 is 0.815 bits per heavy atom. The molecule has 3 rings (SSSR count). The second-order valence-electron chi connectivity index (χ2n) is 6.19. The molecule has 1 saturated heterocycles. The van der Waals surface area contributed by atoms with Gasteiger partial charge in [-0.1, -0.05) is 36.4 Å². The number of esters is 2. The smallest absolute Gasteiger partial charge is 0.338 e. The van der Waals surface area contributed by atoms with Crippen LogP contribution in [0.5, 0.6) is 0 Å². The van der Waals surface area contributed by atoms with E-state index >= 15 is 0 Å². The van der Waals surface area contributed by atoms with E-state index in [0.29, 0.717) is 5.56 Å². The Morgan fingerprint density at radius 2 is 1.26 bits per heavy atom. The molecule has 142 valence electrons. The molecule has 0 aromatic heterocycles. The molecule has 2 aromatic carbocycles. The summed E-state index contributed by atoms with van der Waals surface area (Å²) in [6.45, 7) is 1.55. The summed E-state index contributed by atoms with van der Waals surface area (Å²) in [7, 11) is 0. The summed E-state index contributed by atoms with van der Waals surface area (Å²) in [5.41, 5.74) is 0.564. The summed E-state index contributed by atoms with van der Waals surface area (Å²) in [6, 6.07) is 16.4.